The molecule has 1 fully saturated rings. The molecular formula is C22H37ClO4. The van der Waals surface area contributed by atoms with Crippen LogP contribution < -0.4 is 0 Å². The number of unbranched alkanes of at least 4 members (excludes halogenated alkanes) is 4. The molecule has 0 aromatic carbocycles. The van der Waals surface area contributed by atoms with Crippen molar-refractivity contribution in [1.82, 2.24) is 0 Å². The zero-order chi connectivity index (χ0) is 20.2. The topological polar surface area (TPSA) is 66.8 Å². The summed E-state index contributed by atoms with van der Waals surface area (Å²) in [5.74, 6) is -0.0375. The van der Waals surface area contributed by atoms with E-state index in [-0.39, 0.29) is 23.2 Å². The summed E-state index contributed by atoms with van der Waals surface area (Å²) in [4.78, 5) is 11.4. The zero-order valence-electron chi connectivity index (χ0n) is 17.1. The molecule has 0 radical (unpaired) electrons. The summed E-state index contributed by atoms with van der Waals surface area (Å²) in [5, 5.41) is 20.4. The third-order valence-corrected chi connectivity index (χ3v) is 5.98. The monoisotopic (exact) mass is 400 g/mol. The van der Waals surface area contributed by atoms with Crippen LogP contribution >= 0.6 is 11.6 Å². The van der Waals surface area contributed by atoms with Crippen LogP contribution in [0, 0.1) is 11.8 Å². The van der Waals surface area contributed by atoms with Gasteiger partial charge in [0.1, 0.15) is 0 Å². The molecular weight excluding hydrogens is 364 g/mol. The van der Waals surface area contributed by atoms with Gasteiger partial charge in [0, 0.05) is 16.9 Å². The van der Waals surface area contributed by atoms with Gasteiger partial charge < -0.3 is 14.9 Å². The summed E-state index contributed by atoms with van der Waals surface area (Å²) in [7, 11) is 1.39. The second-order valence-corrected chi connectivity index (χ2v) is 8.23. The van der Waals surface area contributed by atoms with Crippen LogP contribution in [0.2, 0.25) is 0 Å². The summed E-state index contributed by atoms with van der Waals surface area (Å²) in [6, 6.07) is 0. The van der Waals surface area contributed by atoms with Crippen LogP contribution in [0.25, 0.3) is 0 Å². The first-order valence-electron chi connectivity index (χ1n) is 10.3. The van der Waals surface area contributed by atoms with Crippen LogP contribution in [0.5, 0.6) is 0 Å². The highest BCUT2D eigenvalue weighted by Crippen LogP contribution is 2.40. The molecule has 0 aromatic rings. The third-order valence-electron chi connectivity index (χ3n) is 5.48. The maximum atomic E-state index is 11.4. The average Bonchev–Trinajstić information content (AvgIpc) is 2.91. The molecule has 1 rings (SSSR count). The van der Waals surface area contributed by atoms with Gasteiger partial charge in [-0.2, -0.15) is 0 Å². The average molecular weight is 401 g/mol. The number of methoxy groups -OCH3 is 1. The predicted molar refractivity (Wildman–Crippen MR) is 111 cm³/mol. The maximum absolute atomic E-state index is 11.4. The lowest BCUT2D eigenvalue weighted by Gasteiger charge is -2.21. The van der Waals surface area contributed by atoms with E-state index in [2.05, 4.69) is 11.7 Å². The molecule has 0 aromatic heterocycles. The number of alkyl halides is 1. The molecule has 1 aliphatic carbocycles. The van der Waals surface area contributed by atoms with E-state index in [1.54, 1.807) is 6.92 Å². The molecule has 0 spiro atoms. The van der Waals surface area contributed by atoms with Crippen molar-refractivity contribution >= 4 is 17.6 Å². The number of ether oxygens (including phenoxy) is 1. The number of hydrogen-bond acceptors (Lipinski definition) is 4. The van der Waals surface area contributed by atoms with Crippen molar-refractivity contribution < 1.29 is 19.7 Å². The molecule has 1 saturated carbocycles. The van der Waals surface area contributed by atoms with Crippen molar-refractivity contribution in [2.45, 2.75) is 89.2 Å². The first kappa shape index (κ1) is 24.2. The zero-order valence-corrected chi connectivity index (χ0v) is 17.8. The Kier molecular flexibility index (Phi) is 12.0. The summed E-state index contributed by atoms with van der Waals surface area (Å²) >= 11 is 6.48. The number of rotatable bonds is 12. The number of hydrogen-bond donors (Lipinski definition) is 2. The van der Waals surface area contributed by atoms with Gasteiger partial charge in [-0.05, 0) is 44.9 Å². The van der Waals surface area contributed by atoms with Crippen LogP contribution in [-0.2, 0) is 9.53 Å². The molecule has 4 nitrogen and oxygen atoms in total. The fourth-order valence-corrected chi connectivity index (χ4v) is 4.25. The molecule has 0 heterocycles. The Balaban J connectivity index is 2.45. The summed E-state index contributed by atoms with van der Waals surface area (Å²) in [5.41, 5.74) is 0.641. The number of carbonyl (C=O) groups excluding carboxylic acids is 1. The van der Waals surface area contributed by atoms with Crippen molar-refractivity contribution in [1.29, 1.82) is 0 Å². The lowest BCUT2D eigenvalue weighted by atomic mass is 9.88. The van der Waals surface area contributed by atoms with Gasteiger partial charge in [-0.1, -0.05) is 50.8 Å². The molecule has 0 amide bonds. The van der Waals surface area contributed by atoms with Crippen LogP contribution in [0.15, 0.2) is 23.8 Å². The van der Waals surface area contributed by atoms with Crippen LogP contribution in [0.3, 0.4) is 0 Å². The standard InChI is InChI=1S/C22H37ClO4/c1-4-5-7-11-17(24)13-14-19-18(20(23)15-21(19)25)12-9-6-8-10-16(2)22(26)27-3/h10,13-14,17-21,24-25H,4-9,11-12,15H2,1-3H3/t17?,18-,19-,20-,21-/m1/s1. The minimum Gasteiger partial charge on any atom is -0.466 e. The minimum atomic E-state index is -0.440. The fraction of sp³-hybridized carbons (Fsp3) is 0.773. The first-order valence-corrected chi connectivity index (χ1v) is 10.8. The quantitative estimate of drug-likeness (QED) is 0.163. The molecule has 156 valence electrons. The summed E-state index contributed by atoms with van der Waals surface area (Å²) in [6.45, 7) is 3.91. The van der Waals surface area contributed by atoms with E-state index in [1.165, 1.54) is 7.11 Å². The lowest BCUT2D eigenvalue weighted by molar-refractivity contribution is -0.136. The summed E-state index contributed by atoms with van der Waals surface area (Å²) in [6.07, 6.45) is 13.3. The molecule has 0 aliphatic heterocycles. The van der Waals surface area contributed by atoms with Crippen LogP contribution in [0.1, 0.15) is 71.6 Å². The second-order valence-electron chi connectivity index (χ2n) is 7.67. The van der Waals surface area contributed by atoms with Gasteiger partial charge >= 0.3 is 5.97 Å². The lowest BCUT2D eigenvalue weighted by Crippen LogP contribution is -2.19. The Morgan fingerprint density at radius 1 is 1.30 bits per heavy atom. The predicted octanol–water partition coefficient (Wildman–Crippen LogP) is 4.77. The number of aliphatic hydroxyl groups excluding tert-OH is 2. The molecule has 1 aliphatic rings. The highest BCUT2D eigenvalue weighted by molar-refractivity contribution is 6.21. The molecule has 27 heavy (non-hydrogen) atoms. The van der Waals surface area contributed by atoms with Crippen molar-refractivity contribution in [3.63, 3.8) is 0 Å². The Labute approximate surface area is 169 Å². The van der Waals surface area contributed by atoms with E-state index in [1.807, 2.05) is 18.2 Å². The highest BCUT2D eigenvalue weighted by Gasteiger charge is 2.39. The first-order chi connectivity index (χ1) is 12.9. The molecule has 0 bridgehead atoms. The number of esters is 1. The Hall–Kier alpha value is -0.840. The van der Waals surface area contributed by atoms with Gasteiger partial charge in [-0.25, -0.2) is 4.79 Å². The van der Waals surface area contributed by atoms with E-state index in [0.717, 1.165) is 51.4 Å². The molecule has 1 unspecified atom stereocenters. The van der Waals surface area contributed by atoms with Gasteiger partial charge in [-0.15, -0.1) is 11.6 Å². The molecule has 0 saturated heterocycles. The normalized spacial score (nSPS) is 27.3. The highest BCUT2D eigenvalue weighted by atomic mass is 35.5. The molecule has 2 N–H and O–H groups in total. The van der Waals surface area contributed by atoms with Gasteiger partial charge in [0.05, 0.1) is 19.3 Å². The van der Waals surface area contributed by atoms with Crippen LogP contribution in [0.4, 0.5) is 0 Å². The molecule has 5 heteroatoms. The van der Waals surface area contributed by atoms with Crippen molar-refractivity contribution in [3.8, 4) is 0 Å². The van der Waals surface area contributed by atoms with Gasteiger partial charge in [0.25, 0.3) is 0 Å². The van der Waals surface area contributed by atoms with Crippen molar-refractivity contribution in [2.75, 3.05) is 7.11 Å². The maximum Gasteiger partial charge on any atom is 0.333 e. The SMILES string of the molecule is CCCCCC(O)C=C[C@@H]1[C@@H](CCCCC=C(C)C(=O)OC)[C@H](Cl)C[C@H]1O. The largest absolute Gasteiger partial charge is 0.466 e. The van der Waals surface area contributed by atoms with E-state index in [4.69, 9.17) is 11.6 Å². The van der Waals surface area contributed by atoms with Crippen LogP contribution in [-0.4, -0.2) is 40.9 Å². The van der Waals surface area contributed by atoms with E-state index >= 15 is 0 Å². The smallest absolute Gasteiger partial charge is 0.333 e. The van der Waals surface area contributed by atoms with Crippen molar-refractivity contribution in [3.05, 3.63) is 23.8 Å². The van der Waals surface area contributed by atoms with E-state index < -0.39 is 12.2 Å². The Bertz CT molecular complexity index is 489. The number of halogens is 1. The van der Waals surface area contributed by atoms with Crippen molar-refractivity contribution in [2.24, 2.45) is 11.8 Å². The Morgan fingerprint density at radius 3 is 2.70 bits per heavy atom. The number of aliphatic hydroxyl groups is 2. The van der Waals surface area contributed by atoms with E-state index in [0.29, 0.717) is 12.0 Å². The second kappa shape index (κ2) is 13.4. The fourth-order valence-electron chi connectivity index (χ4n) is 3.78. The number of carbonyl (C=O) groups is 1. The Morgan fingerprint density at radius 2 is 2.04 bits per heavy atom. The molecule has 5 atom stereocenters. The van der Waals surface area contributed by atoms with E-state index in [9.17, 15) is 15.0 Å². The third kappa shape index (κ3) is 8.80. The number of allylic oxidation sites excluding steroid dienone is 1. The van der Waals surface area contributed by atoms with Gasteiger partial charge in [0.15, 0.2) is 0 Å². The minimum absolute atomic E-state index is 0.0145. The van der Waals surface area contributed by atoms with Gasteiger partial charge in [-0.3, -0.25) is 0 Å². The van der Waals surface area contributed by atoms with Gasteiger partial charge in [0.2, 0.25) is 0 Å². The summed E-state index contributed by atoms with van der Waals surface area (Å²) < 4.78 is 4.69.